The Kier molecular flexibility index (Phi) is 9.94. The molecule has 18 heavy (non-hydrogen) atoms. The van der Waals surface area contributed by atoms with Crippen molar-refractivity contribution in [3.8, 4) is 0 Å². The number of amides is 1. The predicted octanol–water partition coefficient (Wildman–Crippen LogP) is 2.72. The number of nitrogens with one attached hydrogen (secondary N) is 1. The van der Waals surface area contributed by atoms with Gasteiger partial charge in [-0.15, -0.1) is 0 Å². The minimum atomic E-state index is -3.84. The summed E-state index contributed by atoms with van der Waals surface area (Å²) in [6.07, 6.45) is 3.32. The lowest BCUT2D eigenvalue weighted by Crippen LogP contribution is -2.24. The van der Waals surface area contributed by atoms with Gasteiger partial charge < -0.3 is 10.2 Å². The molecule has 6 nitrogen and oxygen atoms in total. The maximum Gasteiger partial charge on any atom is 0.481 e. The van der Waals surface area contributed by atoms with Crippen LogP contribution < -0.4 is 5.32 Å². The Bertz CT molecular complexity index is 323. The molecule has 0 heterocycles. The smallest absolute Gasteiger partial charge is 0.352 e. The Hall–Kier alpha value is 0.0500. The molecule has 1 atom stereocenters. The maximum absolute atomic E-state index is 11.1. The molecule has 0 aromatic carbocycles. The second-order valence-electron chi connectivity index (χ2n) is 3.82. The van der Waals surface area contributed by atoms with E-state index in [0.29, 0.717) is 18.5 Å². The van der Waals surface area contributed by atoms with Gasteiger partial charge in [0.05, 0.1) is 6.61 Å². The van der Waals surface area contributed by atoms with E-state index in [4.69, 9.17) is 4.89 Å². The molecule has 106 valence electrons. The summed E-state index contributed by atoms with van der Waals surface area (Å²) in [6.45, 7) is 6.00. The first-order valence-electron chi connectivity index (χ1n) is 5.60. The Balaban J connectivity index is 3.34. The summed E-state index contributed by atoms with van der Waals surface area (Å²) in [6, 6.07) is 0. The van der Waals surface area contributed by atoms with Gasteiger partial charge in [-0.05, 0) is 19.8 Å². The number of phosphoric ester groups is 1. The van der Waals surface area contributed by atoms with Crippen molar-refractivity contribution in [3.63, 3.8) is 0 Å². The average molecular weight is 391 g/mol. The molecule has 1 amide bonds. The van der Waals surface area contributed by atoms with Crippen molar-refractivity contribution in [2.24, 2.45) is 0 Å². The minimum absolute atomic E-state index is 0.126. The summed E-state index contributed by atoms with van der Waals surface area (Å²) in [7, 11) is -3.84. The Morgan fingerprint density at radius 2 is 2.00 bits per heavy atom. The molecule has 0 spiro atoms. The van der Waals surface area contributed by atoms with E-state index < -0.39 is 7.82 Å². The van der Waals surface area contributed by atoms with Crippen LogP contribution in [0.5, 0.6) is 0 Å². The summed E-state index contributed by atoms with van der Waals surface area (Å²) >= 11 is 1.34. The molecule has 0 radical (unpaired) electrons. The molecular weight excluding hydrogens is 372 g/mol. The number of halogens is 1. The molecule has 0 rings (SSSR count). The van der Waals surface area contributed by atoms with Crippen LogP contribution in [0.3, 0.4) is 0 Å². The monoisotopic (exact) mass is 391 g/mol. The van der Waals surface area contributed by atoms with Crippen LogP contribution in [0.2, 0.25) is 0 Å². The van der Waals surface area contributed by atoms with Crippen molar-refractivity contribution in [1.82, 2.24) is 5.32 Å². The quantitative estimate of drug-likeness (QED) is 0.259. The molecule has 0 aromatic rings. The largest absolute Gasteiger partial charge is 0.481 e. The molecule has 0 saturated carbocycles. The fraction of sp³-hybridized carbons (Fsp3) is 0.700. The predicted molar refractivity (Wildman–Crippen MR) is 77.2 cm³/mol. The van der Waals surface area contributed by atoms with Gasteiger partial charge in [-0.1, -0.05) is 19.4 Å². The first-order valence-corrected chi connectivity index (χ1v) is 7.98. The molecule has 0 bridgehead atoms. The van der Waals surface area contributed by atoms with E-state index in [0.717, 1.165) is 19.3 Å². The fourth-order valence-electron chi connectivity index (χ4n) is 1.13. The SMILES string of the molecule is C=C(C)C(=O)NCCCCCCOP(=O)(O)OI. The van der Waals surface area contributed by atoms with E-state index in [2.05, 4.69) is 19.3 Å². The molecule has 1 unspecified atom stereocenters. The van der Waals surface area contributed by atoms with E-state index in [9.17, 15) is 9.36 Å². The van der Waals surface area contributed by atoms with E-state index in [1.165, 1.54) is 23.0 Å². The second-order valence-corrected chi connectivity index (χ2v) is 6.34. The minimum Gasteiger partial charge on any atom is -0.352 e. The van der Waals surface area contributed by atoms with Gasteiger partial charge in [0.25, 0.3) is 0 Å². The number of rotatable bonds is 10. The van der Waals surface area contributed by atoms with Gasteiger partial charge in [-0.2, -0.15) is 0 Å². The molecule has 0 fully saturated rings. The highest BCUT2D eigenvalue weighted by Gasteiger charge is 2.18. The highest BCUT2D eigenvalue weighted by molar-refractivity contribution is 14.1. The molecule has 0 aliphatic carbocycles. The van der Waals surface area contributed by atoms with E-state index in [-0.39, 0.29) is 12.5 Å². The lowest BCUT2D eigenvalue weighted by Gasteiger charge is -2.07. The Morgan fingerprint density at radius 1 is 1.39 bits per heavy atom. The van der Waals surface area contributed by atoms with Crippen molar-refractivity contribution < 1.29 is 21.6 Å². The highest BCUT2D eigenvalue weighted by Crippen LogP contribution is 2.45. The molecule has 2 N–H and O–H groups in total. The van der Waals surface area contributed by atoms with E-state index in [1.54, 1.807) is 6.92 Å². The topological polar surface area (TPSA) is 84.9 Å². The van der Waals surface area contributed by atoms with Gasteiger partial charge in [-0.25, -0.2) is 7.42 Å². The lowest BCUT2D eigenvalue weighted by atomic mass is 10.2. The number of carbonyl (C=O) groups is 1. The summed E-state index contributed by atoms with van der Waals surface area (Å²) in [5.74, 6) is -0.126. The average Bonchev–Trinajstić information content (AvgIpc) is 2.32. The van der Waals surface area contributed by atoms with Crippen LogP contribution in [0.15, 0.2) is 12.2 Å². The number of phosphoric acid groups is 1. The number of hydrogen-bond donors (Lipinski definition) is 2. The van der Waals surface area contributed by atoms with E-state index in [1.807, 2.05) is 0 Å². The van der Waals surface area contributed by atoms with Crippen LogP contribution in [0.25, 0.3) is 0 Å². The summed E-state index contributed by atoms with van der Waals surface area (Å²) in [5.41, 5.74) is 0.501. The molecule has 0 aliphatic heterocycles. The van der Waals surface area contributed by atoms with Crippen molar-refractivity contribution in [3.05, 3.63) is 12.2 Å². The standard InChI is InChI=1S/C10H19INO5P/c1-9(2)10(13)12-7-5-3-4-6-8-16-18(14,15)17-11/h1,3-8H2,2H3,(H,12,13)(H,14,15). The van der Waals surface area contributed by atoms with Crippen molar-refractivity contribution in [2.45, 2.75) is 32.6 Å². The zero-order valence-electron chi connectivity index (χ0n) is 10.4. The van der Waals surface area contributed by atoms with Crippen LogP contribution in [-0.4, -0.2) is 24.0 Å². The fourth-order valence-corrected chi connectivity index (χ4v) is 1.87. The van der Waals surface area contributed by atoms with Crippen LogP contribution in [0.4, 0.5) is 0 Å². The molecule has 8 heteroatoms. The van der Waals surface area contributed by atoms with Crippen LogP contribution in [0.1, 0.15) is 32.6 Å². The van der Waals surface area contributed by atoms with Gasteiger partial charge in [0.2, 0.25) is 5.91 Å². The maximum atomic E-state index is 11.1. The normalized spacial score (nSPS) is 13.9. The molecular formula is C10H19INO5P. The zero-order valence-corrected chi connectivity index (χ0v) is 13.4. The van der Waals surface area contributed by atoms with Gasteiger partial charge in [-0.3, -0.25) is 9.32 Å². The summed E-state index contributed by atoms with van der Waals surface area (Å²) in [4.78, 5) is 20.0. The van der Waals surface area contributed by atoms with E-state index >= 15 is 0 Å². The van der Waals surface area contributed by atoms with Crippen molar-refractivity contribution in [1.29, 1.82) is 0 Å². The van der Waals surface area contributed by atoms with Crippen molar-refractivity contribution >= 4 is 36.7 Å². The highest BCUT2D eigenvalue weighted by atomic mass is 127. The molecule has 0 saturated heterocycles. The number of carbonyl (C=O) groups excluding carboxylic acids is 1. The van der Waals surface area contributed by atoms with Gasteiger partial charge >= 0.3 is 7.82 Å². The zero-order chi connectivity index (χ0) is 14.0. The number of unbranched alkanes of at least 4 members (excludes halogenated alkanes) is 3. The third-order valence-corrected chi connectivity index (χ3v) is 4.26. The van der Waals surface area contributed by atoms with Crippen LogP contribution in [0, 0.1) is 0 Å². The second kappa shape index (κ2) is 9.91. The molecule has 0 aliphatic rings. The number of hydrogen-bond acceptors (Lipinski definition) is 4. The van der Waals surface area contributed by atoms with Gasteiger partial charge in [0.1, 0.15) is 23.0 Å². The van der Waals surface area contributed by atoms with Gasteiger partial charge in [0, 0.05) is 12.1 Å². The van der Waals surface area contributed by atoms with Crippen LogP contribution >= 0.6 is 30.8 Å². The Labute approximate surface area is 121 Å². The van der Waals surface area contributed by atoms with Crippen LogP contribution in [-0.2, 0) is 16.7 Å². The Morgan fingerprint density at radius 3 is 2.56 bits per heavy atom. The van der Waals surface area contributed by atoms with Crippen molar-refractivity contribution in [2.75, 3.05) is 13.2 Å². The molecule has 0 aromatic heterocycles. The summed E-state index contributed by atoms with van der Waals surface area (Å²) < 4.78 is 19.8. The summed E-state index contributed by atoms with van der Waals surface area (Å²) in [5, 5.41) is 2.73. The first kappa shape index (κ1) is 18.0. The van der Waals surface area contributed by atoms with Gasteiger partial charge in [0.15, 0.2) is 0 Å². The third kappa shape index (κ3) is 10.0. The lowest BCUT2D eigenvalue weighted by molar-refractivity contribution is -0.117. The first-order chi connectivity index (χ1) is 8.39. The third-order valence-electron chi connectivity index (χ3n) is 2.09.